The van der Waals surface area contributed by atoms with Crippen molar-refractivity contribution in [2.75, 3.05) is 11.9 Å². The quantitative estimate of drug-likeness (QED) is 0.580. The second-order valence-electron chi connectivity index (χ2n) is 6.22. The first kappa shape index (κ1) is 16.8. The molecule has 0 aliphatic rings. The molecule has 2 amide bonds. The Labute approximate surface area is 144 Å². The van der Waals surface area contributed by atoms with Crippen molar-refractivity contribution in [3.8, 4) is 16.9 Å². The van der Waals surface area contributed by atoms with E-state index in [4.69, 9.17) is 0 Å². The molecule has 7 heteroatoms. The van der Waals surface area contributed by atoms with Crippen LogP contribution in [0.15, 0.2) is 36.4 Å². The molecule has 0 aliphatic carbocycles. The molecule has 3 aromatic rings. The van der Waals surface area contributed by atoms with Gasteiger partial charge in [-0.1, -0.05) is 19.9 Å². The molecule has 0 bridgehead atoms. The van der Waals surface area contributed by atoms with Crippen LogP contribution in [0.3, 0.4) is 0 Å². The van der Waals surface area contributed by atoms with Crippen molar-refractivity contribution in [1.82, 2.24) is 15.5 Å². The maximum Gasteiger partial charge on any atom is 0.320 e. The lowest BCUT2D eigenvalue weighted by molar-refractivity contribution is 0.251. The van der Waals surface area contributed by atoms with Gasteiger partial charge in [-0.2, -0.15) is 5.10 Å². The van der Waals surface area contributed by atoms with E-state index in [1.165, 1.54) is 18.2 Å². The molecule has 0 spiro atoms. The van der Waals surface area contributed by atoms with Gasteiger partial charge in [-0.25, -0.2) is 9.18 Å². The van der Waals surface area contributed by atoms with Crippen molar-refractivity contribution in [2.24, 2.45) is 5.92 Å². The summed E-state index contributed by atoms with van der Waals surface area (Å²) in [7, 11) is 0. The van der Waals surface area contributed by atoms with Gasteiger partial charge in [-0.3, -0.25) is 10.4 Å². The summed E-state index contributed by atoms with van der Waals surface area (Å²) in [6.07, 6.45) is 0. The number of aromatic nitrogens is 2. The third kappa shape index (κ3) is 3.71. The molecule has 25 heavy (non-hydrogen) atoms. The summed E-state index contributed by atoms with van der Waals surface area (Å²) in [4.78, 5) is 11.9. The molecular weight excluding hydrogens is 323 g/mol. The largest absolute Gasteiger partial charge is 0.507 e. The van der Waals surface area contributed by atoms with Gasteiger partial charge in [-0.05, 0) is 41.8 Å². The number of amides is 2. The number of aromatic hydroxyl groups is 1. The Morgan fingerprint density at radius 1 is 1.28 bits per heavy atom. The predicted octanol–water partition coefficient (Wildman–Crippen LogP) is 3.85. The highest BCUT2D eigenvalue weighted by Crippen LogP contribution is 2.32. The summed E-state index contributed by atoms with van der Waals surface area (Å²) >= 11 is 0. The Morgan fingerprint density at radius 2 is 2.08 bits per heavy atom. The van der Waals surface area contributed by atoms with Crippen LogP contribution in [0.4, 0.5) is 15.0 Å². The molecule has 6 nitrogen and oxygen atoms in total. The number of hydrogen-bond acceptors (Lipinski definition) is 3. The van der Waals surface area contributed by atoms with E-state index in [-0.39, 0.29) is 11.8 Å². The van der Waals surface area contributed by atoms with E-state index in [9.17, 15) is 14.3 Å². The van der Waals surface area contributed by atoms with Gasteiger partial charge in [0.1, 0.15) is 11.6 Å². The molecule has 0 saturated carbocycles. The standard InChI is InChI=1S/C18H19FN4O2/c1-10(2)9-20-18(25)21-17-13-5-3-11(7-15(13)22-23-17)14-8-12(19)4-6-16(14)24/h3-8,10,24H,9H2,1-2H3,(H3,20,21,22,23,25). The fourth-order valence-corrected chi connectivity index (χ4v) is 2.47. The Morgan fingerprint density at radius 3 is 2.84 bits per heavy atom. The highest BCUT2D eigenvalue weighted by molar-refractivity contribution is 6.00. The molecule has 0 saturated heterocycles. The number of fused-ring (bicyclic) bond motifs is 1. The molecule has 0 fully saturated rings. The van der Waals surface area contributed by atoms with Crippen molar-refractivity contribution in [3.05, 3.63) is 42.2 Å². The van der Waals surface area contributed by atoms with Crippen molar-refractivity contribution < 1.29 is 14.3 Å². The number of anilines is 1. The van der Waals surface area contributed by atoms with Crippen LogP contribution in [0.25, 0.3) is 22.0 Å². The molecule has 1 aromatic heterocycles. The maximum absolute atomic E-state index is 13.4. The first-order valence-corrected chi connectivity index (χ1v) is 7.96. The van der Waals surface area contributed by atoms with Crippen LogP contribution in [-0.2, 0) is 0 Å². The lowest BCUT2D eigenvalue weighted by Gasteiger charge is -2.08. The lowest BCUT2D eigenvalue weighted by Crippen LogP contribution is -2.31. The molecule has 0 aliphatic heterocycles. The Hall–Kier alpha value is -3.09. The van der Waals surface area contributed by atoms with Gasteiger partial charge >= 0.3 is 6.03 Å². The van der Waals surface area contributed by atoms with Crippen molar-refractivity contribution in [1.29, 1.82) is 0 Å². The van der Waals surface area contributed by atoms with E-state index in [1.807, 2.05) is 13.8 Å². The smallest absolute Gasteiger partial charge is 0.320 e. The molecule has 0 atom stereocenters. The number of urea groups is 1. The molecule has 3 rings (SSSR count). The number of hydrogen-bond donors (Lipinski definition) is 4. The number of nitrogens with one attached hydrogen (secondary N) is 3. The van der Waals surface area contributed by atoms with Gasteiger partial charge in [0.05, 0.1) is 5.52 Å². The minimum atomic E-state index is -0.429. The van der Waals surface area contributed by atoms with Gasteiger partial charge in [0.2, 0.25) is 0 Å². The summed E-state index contributed by atoms with van der Waals surface area (Å²) < 4.78 is 13.4. The van der Waals surface area contributed by atoms with Gasteiger partial charge < -0.3 is 10.4 Å². The highest BCUT2D eigenvalue weighted by Gasteiger charge is 2.12. The van der Waals surface area contributed by atoms with Crippen LogP contribution < -0.4 is 10.6 Å². The van der Waals surface area contributed by atoms with E-state index < -0.39 is 5.82 Å². The zero-order valence-corrected chi connectivity index (χ0v) is 13.9. The first-order valence-electron chi connectivity index (χ1n) is 7.96. The summed E-state index contributed by atoms with van der Waals surface area (Å²) in [6, 6.07) is 8.70. The van der Waals surface area contributed by atoms with Crippen LogP contribution in [-0.4, -0.2) is 27.9 Å². The Bertz CT molecular complexity index is 921. The van der Waals surface area contributed by atoms with Crippen LogP contribution in [0.1, 0.15) is 13.8 Å². The molecule has 1 heterocycles. The lowest BCUT2D eigenvalue weighted by atomic mass is 10.0. The molecule has 2 aromatic carbocycles. The molecule has 4 N–H and O–H groups in total. The average molecular weight is 342 g/mol. The molecule has 130 valence electrons. The van der Waals surface area contributed by atoms with Crippen LogP contribution in [0.5, 0.6) is 5.75 Å². The fourth-order valence-electron chi connectivity index (χ4n) is 2.47. The molecule has 0 unspecified atom stereocenters. The third-order valence-electron chi connectivity index (χ3n) is 3.74. The van der Waals surface area contributed by atoms with E-state index in [0.29, 0.717) is 34.9 Å². The van der Waals surface area contributed by atoms with Gasteiger partial charge in [-0.15, -0.1) is 0 Å². The minimum Gasteiger partial charge on any atom is -0.507 e. The second kappa shape index (κ2) is 6.80. The second-order valence-corrected chi connectivity index (χ2v) is 6.22. The van der Waals surface area contributed by atoms with Crippen molar-refractivity contribution in [3.63, 3.8) is 0 Å². The van der Waals surface area contributed by atoms with Crippen LogP contribution in [0.2, 0.25) is 0 Å². The number of carbonyl (C=O) groups is 1. The summed E-state index contributed by atoms with van der Waals surface area (Å²) in [5, 5.41) is 23.0. The number of aromatic amines is 1. The zero-order valence-electron chi connectivity index (χ0n) is 13.9. The number of benzene rings is 2. The van der Waals surface area contributed by atoms with Crippen molar-refractivity contribution in [2.45, 2.75) is 13.8 Å². The fraction of sp³-hybridized carbons (Fsp3) is 0.222. The predicted molar refractivity (Wildman–Crippen MR) is 95.0 cm³/mol. The normalized spacial score (nSPS) is 11.0. The van der Waals surface area contributed by atoms with Gasteiger partial charge in [0.25, 0.3) is 0 Å². The summed E-state index contributed by atoms with van der Waals surface area (Å²) in [5.41, 5.74) is 1.70. The topological polar surface area (TPSA) is 90.0 Å². The minimum absolute atomic E-state index is 0.00771. The summed E-state index contributed by atoms with van der Waals surface area (Å²) in [5.74, 6) is 0.322. The summed E-state index contributed by atoms with van der Waals surface area (Å²) in [6.45, 7) is 4.58. The SMILES string of the molecule is CC(C)CNC(=O)Nc1n[nH]c2cc(-c3cc(F)ccc3O)ccc12. The van der Waals surface area contributed by atoms with Crippen LogP contribution in [0, 0.1) is 11.7 Å². The first-order chi connectivity index (χ1) is 11.9. The van der Waals surface area contributed by atoms with E-state index in [0.717, 1.165) is 5.39 Å². The van der Waals surface area contributed by atoms with Crippen LogP contribution >= 0.6 is 0 Å². The number of phenolic OH excluding ortho intramolecular Hbond substituents is 1. The Kier molecular flexibility index (Phi) is 4.56. The maximum atomic E-state index is 13.4. The Balaban J connectivity index is 1.86. The van der Waals surface area contributed by atoms with Crippen molar-refractivity contribution >= 4 is 22.8 Å². The highest BCUT2D eigenvalue weighted by atomic mass is 19.1. The number of carbonyl (C=O) groups excluding carboxylic acids is 1. The van der Waals surface area contributed by atoms with E-state index >= 15 is 0 Å². The number of nitrogens with zero attached hydrogens (tertiary/aromatic N) is 1. The number of phenols is 1. The third-order valence-corrected chi connectivity index (χ3v) is 3.74. The number of H-pyrrole nitrogens is 1. The van der Waals surface area contributed by atoms with E-state index in [2.05, 4.69) is 20.8 Å². The monoisotopic (exact) mass is 342 g/mol. The zero-order chi connectivity index (χ0) is 18.0. The van der Waals surface area contributed by atoms with E-state index in [1.54, 1.807) is 18.2 Å². The molecular formula is C18H19FN4O2. The number of halogens is 1. The molecule has 0 radical (unpaired) electrons. The van der Waals surface area contributed by atoms with Gasteiger partial charge in [0, 0.05) is 17.5 Å². The van der Waals surface area contributed by atoms with Gasteiger partial charge in [0.15, 0.2) is 5.82 Å². The average Bonchev–Trinajstić information content (AvgIpc) is 2.97. The number of rotatable bonds is 4.